The molecule has 1 aliphatic rings. The molecule has 0 saturated carbocycles. The van der Waals surface area contributed by atoms with E-state index in [0.29, 0.717) is 41.8 Å². The first-order valence-electron chi connectivity index (χ1n) is 8.57. The third-order valence-corrected chi connectivity index (χ3v) is 4.69. The lowest BCUT2D eigenvalue weighted by atomic mass is 10.1. The van der Waals surface area contributed by atoms with E-state index in [1.807, 2.05) is 29.6 Å². The van der Waals surface area contributed by atoms with Gasteiger partial charge in [-0.1, -0.05) is 11.6 Å². The molecule has 1 saturated heterocycles. The van der Waals surface area contributed by atoms with Gasteiger partial charge in [0.1, 0.15) is 0 Å². The van der Waals surface area contributed by atoms with Crippen LogP contribution in [0.4, 0.5) is 5.95 Å². The summed E-state index contributed by atoms with van der Waals surface area (Å²) in [7, 11) is 3.50. The number of piperazine rings is 1. The zero-order chi connectivity index (χ0) is 18.7. The van der Waals surface area contributed by atoms with Gasteiger partial charge in [0.05, 0.1) is 18.7 Å². The topological polar surface area (TPSA) is 59.8 Å². The molecule has 0 N–H and O–H groups in total. The lowest BCUT2D eigenvalue weighted by molar-refractivity contribution is 0.0745. The van der Waals surface area contributed by atoms with Gasteiger partial charge in [-0.15, -0.1) is 0 Å². The van der Waals surface area contributed by atoms with Crippen molar-refractivity contribution in [1.29, 1.82) is 0 Å². The Morgan fingerprint density at radius 2 is 2.00 bits per heavy atom. The van der Waals surface area contributed by atoms with Crippen LogP contribution in [0.15, 0.2) is 24.5 Å². The molecule has 7 nitrogen and oxygen atoms in total. The van der Waals surface area contributed by atoms with E-state index in [0.717, 1.165) is 19.0 Å². The minimum absolute atomic E-state index is 0.0623. The first-order chi connectivity index (χ1) is 12.5. The molecular formula is C18H23ClN4O3. The summed E-state index contributed by atoms with van der Waals surface area (Å²) in [5.74, 6) is 1.79. The molecule has 0 unspecified atom stereocenters. The number of halogens is 1. The van der Waals surface area contributed by atoms with E-state index in [9.17, 15) is 4.79 Å². The second-order valence-electron chi connectivity index (χ2n) is 6.04. The molecule has 1 aromatic heterocycles. The molecule has 26 heavy (non-hydrogen) atoms. The van der Waals surface area contributed by atoms with Crippen molar-refractivity contribution >= 4 is 23.5 Å². The van der Waals surface area contributed by atoms with Crippen LogP contribution in [0.5, 0.6) is 11.5 Å². The van der Waals surface area contributed by atoms with E-state index in [4.69, 9.17) is 21.1 Å². The highest BCUT2D eigenvalue weighted by Gasteiger charge is 2.25. The summed E-state index contributed by atoms with van der Waals surface area (Å²) >= 11 is 6.29. The van der Waals surface area contributed by atoms with Crippen LogP contribution in [0.3, 0.4) is 0 Å². The number of nitrogens with zero attached hydrogens (tertiary/aromatic N) is 4. The average molecular weight is 379 g/mol. The Balaban J connectivity index is 1.72. The van der Waals surface area contributed by atoms with Gasteiger partial charge < -0.3 is 23.8 Å². The molecule has 0 aliphatic carbocycles. The van der Waals surface area contributed by atoms with Crippen molar-refractivity contribution in [3.63, 3.8) is 0 Å². The van der Waals surface area contributed by atoms with Gasteiger partial charge in [0.15, 0.2) is 11.5 Å². The Hall–Kier alpha value is -2.41. The maximum absolute atomic E-state index is 12.9. The number of methoxy groups -OCH3 is 1. The van der Waals surface area contributed by atoms with Gasteiger partial charge in [0, 0.05) is 51.2 Å². The van der Waals surface area contributed by atoms with Crippen LogP contribution in [0.2, 0.25) is 5.02 Å². The van der Waals surface area contributed by atoms with Gasteiger partial charge in [0.25, 0.3) is 5.91 Å². The molecule has 1 amide bonds. The Morgan fingerprint density at radius 3 is 2.58 bits per heavy atom. The molecule has 0 bridgehead atoms. The Labute approximate surface area is 158 Å². The summed E-state index contributed by atoms with van der Waals surface area (Å²) in [4.78, 5) is 21.2. The summed E-state index contributed by atoms with van der Waals surface area (Å²) < 4.78 is 12.8. The minimum atomic E-state index is -0.0623. The van der Waals surface area contributed by atoms with Gasteiger partial charge in [-0.25, -0.2) is 4.98 Å². The monoisotopic (exact) mass is 378 g/mol. The third kappa shape index (κ3) is 3.58. The van der Waals surface area contributed by atoms with Crippen molar-refractivity contribution in [3.8, 4) is 11.5 Å². The van der Waals surface area contributed by atoms with Crippen molar-refractivity contribution in [3.05, 3.63) is 35.1 Å². The number of rotatable bonds is 5. The van der Waals surface area contributed by atoms with Crippen LogP contribution in [0, 0.1) is 0 Å². The number of hydrogen-bond acceptors (Lipinski definition) is 5. The molecule has 1 aromatic carbocycles. The first-order valence-corrected chi connectivity index (χ1v) is 8.94. The summed E-state index contributed by atoms with van der Waals surface area (Å²) in [5.41, 5.74) is 0.501. The first kappa shape index (κ1) is 18.4. The van der Waals surface area contributed by atoms with Gasteiger partial charge in [0.2, 0.25) is 5.95 Å². The smallest absolute Gasteiger partial charge is 0.254 e. The number of aryl methyl sites for hydroxylation is 1. The molecule has 3 rings (SSSR count). The van der Waals surface area contributed by atoms with Crippen LogP contribution in [0.25, 0.3) is 0 Å². The standard InChI is InChI=1S/C18H23ClN4O3/c1-4-26-16-14(19)11-13(12-15(16)25-3)17(24)22-7-9-23(10-8-22)18-20-5-6-21(18)2/h5-6,11-12H,4,7-10H2,1-3H3. The number of carbonyl (C=O) groups is 1. The molecule has 2 aromatic rings. The Morgan fingerprint density at radius 1 is 1.27 bits per heavy atom. The van der Waals surface area contributed by atoms with Gasteiger partial charge in [-0.2, -0.15) is 0 Å². The molecule has 140 valence electrons. The van der Waals surface area contributed by atoms with E-state index >= 15 is 0 Å². The summed E-state index contributed by atoms with van der Waals surface area (Å²) in [5, 5.41) is 0.376. The zero-order valence-electron chi connectivity index (χ0n) is 15.2. The second-order valence-corrected chi connectivity index (χ2v) is 6.45. The fourth-order valence-corrected chi connectivity index (χ4v) is 3.35. The van der Waals surface area contributed by atoms with Crippen molar-refractivity contribution in [2.45, 2.75) is 6.92 Å². The van der Waals surface area contributed by atoms with Crippen LogP contribution in [-0.2, 0) is 7.05 Å². The van der Waals surface area contributed by atoms with Crippen molar-refractivity contribution < 1.29 is 14.3 Å². The number of carbonyl (C=O) groups excluding carboxylic acids is 1. The molecule has 0 spiro atoms. The van der Waals surface area contributed by atoms with E-state index in [-0.39, 0.29) is 5.91 Å². The lowest BCUT2D eigenvalue weighted by Gasteiger charge is -2.35. The predicted molar refractivity (Wildman–Crippen MR) is 100 cm³/mol. The van der Waals surface area contributed by atoms with Gasteiger partial charge >= 0.3 is 0 Å². The Kier molecular flexibility index (Phi) is 5.56. The molecule has 0 atom stereocenters. The van der Waals surface area contributed by atoms with E-state index in [1.165, 1.54) is 7.11 Å². The average Bonchev–Trinajstić information content (AvgIpc) is 3.08. The van der Waals surface area contributed by atoms with Crippen molar-refractivity contribution in [2.75, 3.05) is 44.8 Å². The fourth-order valence-electron chi connectivity index (χ4n) is 3.08. The number of amides is 1. The van der Waals surface area contributed by atoms with Crippen LogP contribution >= 0.6 is 11.6 Å². The lowest BCUT2D eigenvalue weighted by Crippen LogP contribution is -2.49. The Bertz CT molecular complexity index is 785. The number of anilines is 1. The van der Waals surface area contributed by atoms with E-state index < -0.39 is 0 Å². The van der Waals surface area contributed by atoms with Crippen LogP contribution < -0.4 is 14.4 Å². The third-order valence-electron chi connectivity index (χ3n) is 4.41. The fraction of sp³-hybridized carbons (Fsp3) is 0.444. The minimum Gasteiger partial charge on any atom is -0.493 e. The quantitative estimate of drug-likeness (QED) is 0.799. The van der Waals surface area contributed by atoms with Gasteiger partial charge in [-0.3, -0.25) is 4.79 Å². The molecule has 0 radical (unpaired) electrons. The van der Waals surface area contributed by atoms with Crippen LogP contribution in [-0.4, -0.2) is 60.3 Å². The molecule has 1 aliphatic heterocycles. The van der Waals surface area contributed by atoms with Gasteiger partial charge in [-0.05, 0) is 19.1 Å². The molecular weight excluding hydrogens is 356 g/mol. The second kappa shape index (κ2) is 7.86. The SMILES string of the molecule is CCOc1c(Cl)cc(C(=O)N2CCN(c3nccn3C)CC2)cc1OC. The normalized spacial score (nSPS) is 14.5. The molecule has 2 heterocycles. The highest BCUT2D eigenvalue weighted by Crippen LogP contribution is 2.36. The number of ether oxygens (including phenoxy) is 2. The molecule has 1 fully saturated rings. The highest BCUT2D eigenvalue weighted by atomic mass is 35.5. The maximum Gasteiger partial charge on any atom is 0.254 e. The van der Waals surface area contributed by atoms with E-state index in [2.05, 4.69) is 9.88 Å². The number of aromatic nitrogens is 2. The summed E-state index contributed by atoms with van der Waals surface area (Å²) in [6.07, 6.45) is 3.70. The summed E-state index contributed by atoms with van der Waals surface area (Å²) in [6, 6.07) is 3.33. The highest BCUT2D eigenvalue weighted by molar-refractivity contribution is 6.32. The summed E-state index contributed by atoms with van der Waals surface area (Å²) in [6.45, 7) is 5.06. The molecule has 8 heteroatoms. The number of benzene rings is 1. The van der Waals surface area contributed by atoms with E-state index in [1.54, 1.807) is 18.3 Å². The van der Waals surface area contributed by atoms with Crippen molar-refractivity contribution in [2.24, 2.45) is 7.05 Å². The van der Waals surface area contributed by atoms with Crippen molar-refractivity contribution in [1.82, 2.24) is 14.5 Å². The largest absolute Gasteiger partial charge is 0.493 e. The van der Waals surface area contributed by atoms with Crippen LogP contribution in [0.1, 0.15) is 17.3 Å². The predicted octanol–water partition coefficient (Wildman–Crippen LogP) is 2.44. The zero-order valence-corrected chi connectivity index (χ0v) is 16.0. The number of imidazole rings is 1. The maximum atomic E-state index is 12.9. The number of hydrogen-bond donors (Lipinski definition) is 0.